The van der Waals surface area contributed by atoms with Gasteiger partial charge in [-0.2, -0.15) is 0 Å². The van der Waals surface area contributed by atoms with Gasteiger partial charge in [0.05, 0.1) is 11.6 Å². The molecule has 0 aromatic heterocycles. The summed E-state index contributed by atoms with van der Waals surface area (Å²) < 4.78 is 11.3. The van der Waals surface area contributed by atoms with Crippen LogP contribution < -0.4 is 10.1 Å². The van der Waals surface area contributed by atoms with E-state index in [4.69, 9.17) is 21.1 Å². The lowest BCUT2D eigenvalue weighted by molar-refractivity contribution is -0.147. The van der Waals surface area contributed by atoms with Crippen molar-refractivity contribution in [1.29, 1.82) is 0 Å². The highest BCUT2D eigenvalue weighted by Crippen LogP contribution is 2.27. The Morgan fingerprint density at radius 2 is 1.88 bits per heavy atom. The van der Waals surface area contributed by atoms with Gasteiger partial charge in [0.25, 0.3) is 5.91 Å². The van der Waals surface area contributed by atoms with Crippen LogP contribution in [0.1, 0.15) is 18.4 Å². The second kappa shape index (κ2) is 10.2. The third-order valence-corrected chi connectivity index (χ3v) is 4.16. The number of nitrogens with one attached hydrogen (secondary N) is 1. The molecule has 1 amide bonds. The van der Waals surface area contributed by atoms with Gasteiger partial charge in [0.15, 0.2) is 6.61 Å². The fourth-order valence-corrected chi connectivity index (χ4v) is 2.77. The molecule has 0 atom stereocenters. The van der Waals surface area contributed by atoms with Crippen molar-refractivity contribution in [2.75, 3.05) is 18.5 Å². The SMILES string of the molecule is Cc1ccc(NC(=O)COC(=O)CCCOc2ccc(Br)cc2Cl)cc1. The Balaban J connectivity index is 1.62. The maximum atomic E-state index is 11.8. The van der Waals surface area contributed by atoms with E-state index in [2.05, 4.69) is 21.2 Å². The molecule has 0 unspecified atom stereocenters. The lowest BCUT2D eigenvalue weighted by atomic mass is 10.2. The van der Waals surface area contributed by atoms with Crippen molar-refractivity contribution in [3.8, 4) is 5.75 Å². The predicted molar refractivity (Wildman–Crippen MR) is 105 cm³/mol. The van der Waals surface area contributed by atoms with Gasteiger partial charge in [-0.05, 0) is 43.7 Å². The van der Waals surface area contributed by atoms with E-state index in [0.717, 1.165) is 10.0 Å². The van der Waals surface area contributed by atoms with Crippen LogP contribution in [-0.2, 0) is 14.3 Å². The van der Waals surface area contributed by atoms with Crippen molar-refractivity contribution in [3.63, 3.8) is 0 Å². The number of hydrogen-bond donors (Lipinski definition) is 1. The first-order valence-corrected chi connectivity index (χ1v) is 9.21. The summed E-state index contributed by atoms with van der Waals surface area (Å²) in [4.78, 5) is 23.4. The Hall–Kier alpha value is -2.05. The van der Waals surface area contributed by atoms with E-state index in [1.54, 1.807) is 24.3 Å². The molecule has 2 rings (SSSR count). The molecule has 0 fully saturated rings. The van der Waals surface area contributed by atoms with Crippen molar-refractivity contribution in [3.05, 3.63) is 57.5 Å². The first kappa shape index (κ1) is 20.3. The van der Waals surface area contributed by atoms with Gasteiger partial charge in [0, 0.05) is 16.6 Å². The van der Waals surface area contributed by atoms with Crippen LogP contribution in [0.15, 0.2) is 46.9 Å². The molecule has 2 aromatic carbocycles. The third kappa shape index (κ3) is 7.06. The van der Waals surface area contributed by atoms with E-state index < -0.39 is 5.97 Å². The van der Waals surface area contributed by atoms with Gasteiger partial charge in [-0.1, -0.05) is 45.2 Å². The molecule has 138 valence electrons. The van der Waals surface area contributed by atoms with E-state index in [9.17, 15) is 9.59 Å². The summed E-state index contributed by atoms with van der Waals surface area (Å²) in [5.74, 6) is -0.268. The van der Waals surface area contributed by atoms with E-state index in [0.29, 0.717) is 29.5 Å². The quantitative estimate of drug-likeness (QED) is 0.475. The number of benzene rings is 2. The van der Waals surface area contributed by atoms with Crippen LogP contribution in [0.5, 0.6) is 5.75 Å². The normalized spacial score (nSPS) is 10.3. The summed E-state index contributed by atoms with van der Waals surface area (Å²) in [5.41, 5.74) is 1.76. The van der Waals surface area contributed by atoms with Gasteiger partial charge >= 0.3 is 5.97 Å². The first-order valence-electron chi connectivity index (χ1n) is 8.04. The summed E-state index contributed by atoms with van der Waals surface area (Å²) in [6, 6.07) is 12.7. The van der Waals surface area contributed by atoms with E-state index in [1.165, 1.54) is 0 Å². The summed E-state index contributed by atoms with van der Waals surface area (Å²) in [6.45, 7) is 1.97. The zero-order valence-corrected chi connectivity index (χ0v) is 16.6. The third-order valence-electron chi connectivity index (χ3n) is 3.38. The fraction of sp³-hybridized carbons (Fsp3) is 0.263. The van der Waals surface area contributed by atoms with Crippen molar-refractivity contribution >= 4 is 45.1 Å². The molecule has 0 aliphatic rings. The number of aryl methyl sites for hydroxylation is 1. The molecule has 0 saturated carbocycles. The second-order valence-corrected chi connectivity index (χ2v) is 6.92. The maximum absolute atomic E-state index is 11.8. The molecule has 0 heterocycles. The Morgan fingerprint density at radius 1 is 1.15 bits per heavy atom. The van der Waals surface area contributed by atoms with Crippen LogP contribution in [0.3, 0.4) is 0 Å². The van der Waals surface area contributed by atoms with Gasteiger partial charge in [-0.15, -0.1) is 0 Å². The highest BCUT2D eigenvalue weighted by atomic mass is 79.9. The first-order chi connectivity index (χ1) is 12.4. The van der Waals surface area contributed by atoms with Crippen LogP contribution in [0, 0.1) is 6.92 Å². The van der Waals surface area contributed by atoms with Gasteiger partial charge in [0.1, 0.15) is 5.75 Å². The number of hydrogen-bond acceptors (Lipinski definition) is 4. The summed E-state index contributed by atoms with van der Waals surface area (Å²) in [6.07, 6.45) is 0.622. The van der Waals surface area contributed by atoms with E-state index >= 15 is 0 Å². The molecule has 0 aliphatic carbocycles. The zero-order valence-electron chi connectivity index (χ0n) is 14.3. The molecule has 0 saturated heterocycles. The average Bonchev–Trinajstić information content (AvgIpc) is 2.60. The standard InChI is InChI=1S/C19H19BrClNO4/c1-13-4-7-15(8-5-13)22-18(23)12-26-19(24)3-2-10-25-17-9-6-14(20)11-16(17)21/h4-9,11H,2-3,10,12H2,1H3,(H,22,23). The maximum Gasteiger partial charge on any atom is 0.306 e. The molecule has 0 bridgehead atoms. The molecule has 1 N–H and O–H groups in total. The van der Waals surface area contributed by atoms with Crippen LogP contribution in [-0.4, -0.2) is 25.1 Å². The van der Waals surface area contributed by atoms with Gasteiger partial charge in [-0.25, -0.2) is 0 Å². The largest absolute Gasteiger partial charge is 0.492 e. The number of esters is 1. The molecule has 7 heteroatoms. The summed E-state index contributed by atoms with van der Waals surface area (Å²) in [5, 5.41) is 3.16. The Kier molecular flexibility index (Phi) is 7.94. The molecule has 26 heavy (non-hydrogen) atoms. The minimum absolute atomic E-state index is 0.159. The highest BCUT2D eigenvalue weighted by molar-refractivity contribution is 9.10. The lowest BCUT2D eigenvalue weighted by Gasteiger charge is -2.09. The molecular weight excluding hydrogens is 422 g/mol. The molecule has 0 radical (unpaired) electrons. The van der Waals surface area contributed by atoms with Crippen LogP contribution in [0.25, 0.3) is 0 Å². The number of halogens is 2. The molecule has 2 aromatic rings. The second-order valence-electron chi connectivity index (χ2n) is 5.60. The Bertz CT molecular complexity index is 765. The number of carbonyl (C=O) groups is 2. The van der Waals surface area contributed by atoms with Crippen LogP contribution in [0.2, 0.25) is 5.02 Å². The van der Waals surface area contributed by atoms with Gasteiger partial charge in [0.2, 0.25) is 0 Å². The average molecular weight is 441 g/mol. The van der Waals surface area contributed by atoms with Crippen LogP contribution >= 0.6 is 27.5 Å². The lowest BCUT2D eigenvalue weighted by Crippen LogP contribution is -2.21. The smallest absolute Gasteiger partial charge is 0.306 e. The summed E-state index contributed by atoms with van der Waals surface area (Å²) in [7, 11) is 0. The number of anilines is 1. The molecular formula is C19H19BrClNO4. The molecule has 0 aliphatic heterocycles. The monoisotopic (exact) mass is 439 g/mol. The van der Waals surface area contributed by atoms with Crippen molar-refractivity contribution in [2.45, 2.75) is 19.8 Å². The van der Waals surface area contributed by atoms with Crippen molar-refractivity contribution in [1.82, 2.24) is 0 Å². The molecule has 5 nitrogen and oxygen atoms in total. The van der Waals surface area contributed by atoms with E-state index in [-0.39, 0.29) is 18.9 Å². The Morgan fingerprint density at radius 3 is 2.58 bits per heavy atom. The predicted octanol–water partition coefficient (Wildman–Crippen LogP) is 4.75. The van der Waals surface area contributed by atoms with Gasteiger partial charge in [-0.3, -0.25) is 9.59 Å². The van der Waals surface area contributed by atoms with Gasteiger partial charge < -0.3 is 14.8 Å². The minimum Gasteiger partial charge on any atom is -0.492 e. The number of rotatable bonds is 8. The number of ether oxygens (including phenoxy) is 2. The topological polar surface area (TPSA) is 64.6 Å². The Labute approximate surface area is 165 Å². The number of amides is 1. The van der Waals surface area contributed by atoms with Crippen molar-refractivity contribution < 1.29 is 19.1 Å². The zero-order chi connectivity index (χ0) is 18.9. The minimum atomic E-state index is -0.449. The summed E-state index contributed by atoms with van der Waals surface area (Å²) >= 11 is 9.36. The van der Waals surface area contributed by atoms with E-state index in [1.807, 2.05) is 25.1 Å². The number of carbonyl (C=O) groups excluding carboxylic acids is 2. The molecule has 0 spiro atoms. The van der Waals surface area contributed by atoms with Crippen molar-refractivity contribution in [2.24, 2.45) is 0 Å². The fourth-order valence-electron chi connectivity index (χ4n) is 2.04. The van der Waals surface area contributed by atoms with Crippen LogP contribution in [0.4, 0.5) is 5.69 Å². The highest BCUT2D eigenvalue weighted by Gasteiger charge is 2.09.